The van der Waals surface area contributed by atoms with Gasteiger partial charge in [-0.15, -0.1) is 0 Å². The van der Waals surface area contributed by atoms with E-state index in [0.29, 0.717) is 19.0 Å². The zero-order valence-electron chi connectivity index (χ0n) is 14.5. The molecule has 0 spiro atoms. The zero-order chi connectivity index (χ0) is 17.3. The maximum Gasteiger partial charge on any atom is 0.240 e. The number of sulfonamides is 1. The van der Waals surface area contributed by atoms with Crippen molar-refractivity contribution in [3.63, 3.8) is 0 Å². The van der Waals surface area contributed by atoms with Gasteiger partial charge in [0.2, 0.25) is 10.0 Å². The first-order valence-electron chi connectivity index (χ1n) is 7.89. The minimum absolute atomic E-state index is 0.235. The maximum absolute atomic E-state index is 12.2. The van der Waals surface area contributed by atoms with Crippen molar-refractivity contribution in [2.45, 2.75) is 25.7 Å². The third-order valence-corrected chi connectivity index (χ3v) is 5.12. The van der Waals surface area contributed by atoms with Gasteiger partial charge in [-0.3, -0.25) is 0 Å². The van der Waals surface area contributed by atoms with Gasteiger partial charge in [0.1, 0.15) is 5.75 Å². The molecule has 23 heavy (non-hydrogen) atoms. The van der Waals surface area contributed by atoms with Crippen LogP contribution < -0.4 is 9.46 Å². The van der Waals surface area contributed by atoms with Crippen molar-refractivity contribution >= 4 is 10.0 Å². The van der Waals surface area contributed by atoms with E-state index in [1.165, 1.54) is 6.07 Å². The Bertz CT molecular complexity index is 571. The lowest BCUT2D eigenvalue weighted by Crippen LogP contribution is -2.30. The van der Waals surface area contributed by atoms with Crippen molar-refractivity contribution in [3.8, 4) is 5.75 Å². The van der Waals surface area contributed by atoms with E-state index in [1.807, 2.05) is 6.92 Å². The molecule has 132 valence electrons. The molecule has 0 aliphatic carbocycles. The van der Waals surface area contributed by atoms with Crippen LogP contribution in [-0.4, -0.2) is 59.8 Å². The molecule has 0 saturated heterocycles. The topological polar surface area (TPSA) is 67.9 Å². The highest BCUT2D eigenvalue weighted by molar-refractivity contribution is 7.89. The number of hydrogen-bond acceptors (Lipinski definition) is 5. The molecule has 1 aromatic rings. The Morgan fingerprint density at radius 3 is 2.43 bits per heavy atom. The van der Waals surface area contributed by atoms with E-state index in [9.17, 15) is 8.42 Å². The van der Waals surface area contributed by atoms with Crippen molar-refractivity contribution in [1.29, 1.82) is 0 Å². The van der Waals surface area contributed by atoms with Crippen LogP contribution in [0.15, 0.2) is 23.1 Å². The van der Waals surface area contributed by atoms with E-state index in [2.05, 4.69) is 23.5 Å². The molecule has 0 heterocycles. The van der Waals surface area contributed by atoms with E-state index in [1.54, 1.807) is 19.2 Å². The van der Waals surface area contributed by atoms with Gasteiger partial charge in [-0.05, 0) is 43.8 Å². The second-order valence-electron chi connectivity index (χ2n) is 5.17. The summed E-state index contributed by atoms with van der Waals surface area (Å²) >= 11 is 0. The van der Waals surface area contributed by atoms with Gasteiger partial charge in [0, 0.05) is 13.1 Å². The first-order chi connectivity index (χ1) is 10.9. The van der Waals surface area contributed by atoms with Crippen LogP contribution in [0.2, 0.25) is 0 Å². The fourth-order valence-electron chi connectivity index (χ4n) is 2.19. The van der Waals surface area contributed by atoms with Crippen LogP contribution in [-0.2, 0) is 14.8 Å². The predicted octanol–water partition coefficient (Wildman–Crippen LogP) is 1.64. The molecule has 1 aromatic carbocycles. The van der Waals surface area contributed by atoms with Gasteiger partial charge in [0.25, 0.3) is 0 Å². The summed E-state index contributed by atoms with van der Waals surface area (Å²) in [6, 6.07) is 4.79. The normalized spacial score (nSPS) is 11.9. The molecule has 6 nitrogen and oxygen atoms in total. The van der Waals surface area contributed by atoms with E-state index in [-0.39, 0.29) is 11.4 Å². The highest BCUT2D eigenvalue weighted by Crippen LogP contribution is 2.21. The molecule has 0 bridgehead atoms. The summed E-state index contributed by atoms with van der Waals surface area (Å²) in [6.07, 6.45) is 0. The highest BCUT2D eigenvalue weighted by atomic mass is 32.2. The molecule has 0 saturated carbocycles. The molecule has 1 rings (SSSR count). The number of benzene rings is 1. The molecule has 0 atom stereocenters. The standard InChI is InChI=1S/C16H28N2O4S/c1-5-18(6-2)10-12-22-11-9-17-23(19,20)15-7-8-16(21-4)14(3)13-15/h7-8,13,17H,5-6,9-12H2,1-4H3. The summed E-state index contributed by atoms with van der Waals surface area (Å²) in [5.41, 5.74) is 0.783. The molecule has 0 aliphatic rings. The Morgan fingerprint density at radius 2 is 1.87 bits per heavy atom. The average molecular weight is 344 g/mol. The largest absolute Gasteiger partial charge is 0.496 e. The average Bonchev–Trinajstić information content (AvgIpc) is 2.54. The van der Waals surface area contributed by atoms with Gasteiger partial charge in [-0.25, -0.2) is 13.1 Å². The smallest absolute Gasteiger partial charge is 0.240 e. The summed E-state index contributed by atoms with van der Waals surface area (Å²) in [5, 5.41) is 0. The molecule has 0 aliphatic heterocycles. The highest BCUT2D eigenvalue weighted by Gasteiger charge is 2.14. The van der Waals surface area contributed by atoms with E-state index in [0.717, 1.165) is 25.2 Å². The van der Waals surface area contributed by atoms with Crippen LogP contribution in [0.25, 0.3) is 0 Å². The van der Waals surface area contributed by atoms with Gasteiger partial charge in [-0.1, -0.05) is 13.8 Å². The van der Waals surface area contributed by atoms with Crippen molar-refractivity contribution in [1.82, 2.24) is 9.62 Å². The molecule has 0 radical (unpaired) electrons. The summed E-state index contributed by atoms with van der Waals surface area (Å²) in [7, 11) is -1.96. The molecule has 0 unspecified atom stereocenters. The van der Waals surface area contributed by atoms with Gasteiger partial charge >= 0.3 is 0 Å². The van der Waals surface area contributed by atoms with Gasteiger partial charge in [0.05, 0.1) is 25.2 Å². The quantitative estimate of drug-likeness (QED) is 0.618. The lowest BCUT2D eigenvalue weighted by molar-refractivity contribution is 0.111. The van der Waals surface area contributed by atoms with Crippen LogP contribution in [0.3, 0.4) is 0 Å². The molecular weight excluding hydrogens is 316 g/mol. The zero-order valence-corrected chi connectivity index (χ0v) is 15.3. The maximum atomic E-state index is 12.2. The van der Waals surface area contributed by atoms with Crippen LogP contribution in [0.1, 0.15) is 19.4 Å². The minimum atomic E-state index is -3.52. The molecule has 7 heteroatoms. The first-order valence-corrected chi connectivity index (χ1v) is 9.37. The van der Waals surface area contributed by atoms with Crippen molar-refractivity contribution in [2.24, 2.45) is 0 Å². The van der Waals surface area contributed by atoms with Gasteiger partial charge < -0.3 is 14.4 Å². The molecular formula is C16H28N2O4S. The number of aryl methyl sites for hydroxylation is 1. The van der Waals surface area contributed by atoms with Crippen LogP contribution in [0, 0.1) is 6.92 Å². The second kappa shape index (κ2) is 9.87. The van der Waals surface area contributed by atoms with E-state index >= 15 is 0 Å². The van der Waals surface area contributed by atoms with Gasteiger partial charge in [-0.2, -0.15) is 0 Å². The molecule has 1 N–H and O–H groups in total. The summed E-state index contributed by atoms with van der Waals surface area (Å²) < 4.78 is 37.6. The number of nitrogens with one attached hydrogen (secondary N) is 1. The number of likely N-dealkylation sites (N-methyl/N-ethyl adjacent to an activating group) is 1. The second-order valence-corrected chi connectivity index (χ2v) is 6.94. The predicted molar refractivity (Wildman–Crippen MR) is 91.5 cm³/mol. The first kappa shape index (κ1) is 19.9. The van der Waals surface area contributed by atoms with Crippen LogP contribution in [0.4, 0.5) is 0 Å². The Labute approximate surface area is 139 Å². The summed E-state index contributed by atoms with van der Waals surface area (Å²) in [5.74, 6) is 0.670. The Balaban J connectivity index is 2.40. The van der Waals surface area contributed by atoms with Crippen molar-refractivity contribution < 1.29 is 17.9 Å². The fourth-order valence-corrected chi connectivity index (χ4v) is 3.28. The Hall–Kier alpha value is -1.15. The lowest BCUT2D eigenvalue weighted by Gasteiger charge is -2.17. The number of methoxy groups -OCH3 is 1. The number of ether oxygens (including phenoxy) is 2. The van der Waals surface area contributed by atoms with E-state index < -0.39 is 10.0 Å². The SMILES string of the molecule is CCN(CC)CCOCCNS(=O)(=O)c1ccc(OC)c(C)c1. The molecule has 0 amide bonds. The Kier molecular flexibility index (Phi) is 8.54. The van der Waals surface area contributed by atoms with Crippen LogP contribution in [0.5, 0.6) is 5.75 Å². The van der Waals surface area contributed by atoms with E-state index in [4.69, 9.17) is 9.47 Å². The fraction of sp³-hybridized carbons (Fsp3) is 0.625. The third kappa shape index (κ3) is 6.47. The summed E-state index contributed by atoms with van der Waals surface area (Å²) in [4.78, 5) is 2.49. The molecule has 0 fully saturated rings. The number of hydrogen-bond donors (Lipinski definition) is 1. The van der Waals surface area contributed by atoms with Crippen molar-refractivity contribution in [2.75, 3.05) is 46.5 Å². The summed E-state index contributed by atoms with van der Waals surface area (Å²) in [6.45, 7) is 10.1. The van der Waals surface area contributed by atoms with Crippen LogP contribution >= 0.6 is 0 Å². The minimum Gasteiger partial charge on any atom is -0.496 e. The third-order valence-electron chi connectivity index (χ3n) is 3.66. The van der Waals surface area contributed by atoms with Gasteiger partial charge in [0.15, 0.2) is 0 Å². The number of nitrogens with zero attached hydrogens (tertiary/aromatic N) is 1. The lowest BCUT2D eigenvalue weighted by atomic mass is 10.2. The number of rotatable bonds is 11. The monoisotopic (exact) mass is 344 g/mol. The Morgan fingerprint density at radius 1 is 1.17 bits per heavy atom. The molecule has 0 aromatic heterocycles. The van der Waals surface area contributed by atoms with Crippen molar-refractivity contribution in [3.05, 3.63) is 23.8 Å².